The zero-order valence-corrected chi connectivity index (χ0v) is 10.4. The van der Waals surface area contributed by atoms with Gasteiger partial charge in [-0.15, -0.1) is 0 Å². The van der Waals surface area contributed by atoms with Crippen molar-refractivity contribution in [3.05, 3.63) is 34.9 Å². The average Bonchev–Trinajstić information content (AvgIpc) is 2.18. The zero-order valence-electron chi connectivity index (χ0n) is 10.4. The van der Waals surface area contributed by atoms with Crippen LogP contribution < -0.4 is 5.32 Å². The summed E-state index contributed by atoms with van der Waals surface area (Å²) in [6.45, 7) is 5.36. The predicted molar refractivity (Wildman–Crippen MR) is 63.0 cm³/mol. The van der Waals surface area contributed by atoms with Crippen LogP contribution in [-0.4, -0.2) is 12.7 Å². The molecule has 0 fully saturated rings. The fourth-order valence-electron chi connectivity index (χ4n) is 1.58. The molecule has 0 aliphatic rings. The maximum atomic E-state index is 12.0. The Hall–Kier alpha value is -1.03. The van der Waals surface area contributed by atoms with Crippen LogP contribution in [0.25, 0.3) is 0 Å². The number of nitrogens with one attached hydrogen (secondary N) is 1. The van der Waals surface area contributed by atoms with Gasteiger partial charge < -0.3 is 5.32 Å². The summed E-state index contributed by atoms with van der Waals surface area (Å²) in [5.74, 6) is 0.386. The summed E-state index contributed by atoms with van der Waals surface area (Å²) < 4.78 is 36.0. The van der Waals surface area contributed by atoms with Crippen LogP contribution >= 0.6 is 0 Å². The van der Waals surface area contributed by atoms with Crippen LogP contribution in [0.1, 0.15) is 36.5 Å². The SMILES string of the molecule is Cc1ccc(C(C)C)cc1CNCC(F)(F)F. The zero-order chi connectivity index (χ0) is 13.1. The molecule has 0 aliphatic carbocycles. The molecule has 1 aromatic rings. The first-order chi connectivity index (χ1) is 7.79. The van der Waals surface area contributed by atoms with E-state index in [0.717, 1.165) is 16.7 Å². The highest BCUT2D eigenvalue weighted by molar-refractivity contribution is 5.32. The molecule has 1 nitrogen and oxygen atoms in total. The minimum atomic E-state index is -4.15. The normalized spacial score (nSPS) is 12.2. The number of hydrogen-bond acceptors (Lipinski definition) is 1. The summed E-state index contributed by atoms with van der Waals surface area (Å²) in [7, 11) is 0. The molecule has 0 aliphatic heterocycles. The summed E-state index contributed by atoms with van der Waals surface area (Å²) in [6.07, 6.45) is -4.15. The van der Waals surface area contributed by atoms with Gasteiger partial charge in [0.15, 0.2) is 0 Å². The number of hydrogen-bond donors (Lipinski definition) is 1. The summed E-state index contributed by atoms with van der Waals surface area (Å²) in [4.78, 5) is 0. The van der Waals surface area contributed by atoms with Crippen molar-refractivity contribution in [2.75, 3.05) is 6.54 Å². The molecule has 0 amide bonds. The molecule has 0 saturated carbocycles. The Morgan fingerprint density at radius 1 is 1.24 bits per heavy atom. The second kappa shape index (κ2) is 5.54. The molecule has 1 aromatic carbocycles. The van der Waals surface area contributed by atoms with Crippen molar-refractivity contribution in [3.63, 3.8) is 0 Å². The number of rotatable bonds is 4. The standard InChI is InChI=1S/C13H18F3N/c1-9(2)11-5-4-10(3)12(6-11)7-17-8-13(14,15)16/h4-6,9,17H,7-8H2,1-3H3. The van der Waals surface area contributed by atoms with Gasteiger partial charge >= 0.3 is 6.18 Å². The van der Waals surface area contributed by atoms with E-state index in [4.69, 9.17) is 0 Å². The maximum Gasteiger partial charge on any atom is 0.401 e. The van der Waals surface area contributed by atoms with E-state index in [2.05, 4.69) is 19.2 Å². The third-order valence-corrected chi connectivity index (χ3v) is 2.68. The van der Waals surface area contributed by atoms with Crippen molar-refractivity contribution < 1.29 is 13.2 Å². The third-order valence-electron chi connectivity index (χ3n) is 2.68. The van der Waals surface area contributed by atoms with Gasteiger partial charge in [-0.1, -0.05) is 32.0 Å². The van der Waals surface area contributed by atoms with Crippen LogP contribution in [0.15, 0.2) is 18.2 Å². The molecule has 0 heterocycles. The van der Waals surface area contributed by atoms with Gasteiger partial charge in [0.25, 0.3) is 0 Å². The Bertz CT molecular complexity index is 369. The highest BCUT2D eigenvalue weighted by Crippen LogP contribution is 2.19. The average molecular weight is 245 g/mol. The Balaban J connectivity index is 2.67. The molecule has 17 heavy (non-hydrogen) atoms. The molecule has 0 unspecified atom stereocenters. The Morgan fingerprint density at radius 3 is 2.41 bits per heavy atom. The van der Waals surface area contributed by atoms with Crippen molar-refractivity contribution in [2.24, 2.45) is 0 Å². The molecule has 4 heteroatoms. The van der Waals surface area contributed by atoms with Gasteiger partial charge in [0.05, 0.1) is 6.54 Å². The first kappa shape index (κ1) is 14.0. The van der Waals surface area contributed by atoms with Crippen molar-refractivity contribution in [2.45, 2.75) is 39.4 Å². The van der Waals surface area contributed by atoms with Crippen LogP contribution in [0.5, 0.6) is 0 Å². The molecule has 0 aromatic heterocycles. The monoisotopic (exact) mass is 245 g/mol. The second-order valence-electron chi connectivity index (χ2n) is 4.56. The molecule has 0 atom stereocenters. The van der Waals surface area contributed by atoms with Gasteiger partial charge in [0.1, 0.15) is 0 Å². The molecule has 1 N–H and O–H groups in total. The molecule has 96 valence electrons. The van der Waals surface area contributed by atoms with E-state index in [-0.39, 0.29) is 6.54 Å². The Kier molecular flexibility index (Phi) is 4.57. The van der Waals surface area contributed by atoms with E-state index in [9.17, 15) is 13.2 Å². The number of benzene rings is 1. The maximum absolute atomic E-state index is 12.0. The van der Waals surface area contributed by atoms with E-state index in [0.29, 0.717) is 5.92 Å². The third kappa shape index (κ3) is 4.77. The second-order valence-corrected chi connectivity index (χ2v) is 4.56. The molecular weight excluding hydrogens is 227 g/mol. The fourth-order valence-corrected chi connectivity index (χ4v) is 1.58. The lowest BCUT2D eigenvalue weighted by atomic mass is 9.98. The van der Waals surface area contributed by atoms with Gasteiger partial charge in [0.2, 0.25) is 0 Å². The Labute approximate surface area is 100 Å². The first-order valence-electron chi connectivity index (χ1n) is 5.66. The van der Waals surface area contributed by atoms with Gasteiger partial charge in [-0.3, -0.25) is 0 Å². The first-order valence-corrected chi connectivity index (χ1v) is 5.66. The van der Waals surface area contributed by atoms with Gasteiger partial charge in [-0.2, -0.15) is 13.2 Å². The van der Waals surface area contributed by atoms with Crippen LogP contribution in [0.4, 0.5) is 13.2 Å². The molecule has 0 radical (unpaired) electrons. The molecule has 0 saturated heterocycles. The van der Waals surface area contributed by atoms with Gasteiger partial charge in [-0.25, -0.2) is 0 Å². The fraction of sp³-hybridized carbons (Fsp3) is 0.538. The molecular formula is C13H18F3N. The highest BCUT2D eigenvalue weighted by Gasteiger charge is 2.26. The lowest BCUT2D eigenvalue weighted by molar-refractivity contribution is -0.125. The van der Waals surface area contributed by atoms with E-state index >= 15 is 0 Å². The number of alkyl halides is 3. The van der Waals surface area contributed by atoms with Gasteiger partial charge in [-0.05, 0) is 29.5 Å². The minimum Gasteiger partial charge on any atom is -0.305 e. The predicted octanol–water partition coefficient (Wildman–Crippen LogP) is 3.77. The van der Waals surface area contributed by atoms with E-state index in [1.807, 2.05) is 25.1 Å². The Morgan fingerprint density at radius 2 is 1.88 bits per heavy atom. The molecule has 1 rings (SSSR count). The van der Waals surface area contributed by atoms with Crippen LogP contribution in [0.2, 0.25) is 0 Å². The topological polar surface area (TPSA) is 12.0 Å². The van der Waals surface area contributed by atoms with Crippen molar-refractivity contribution >= 4 is 0 Å². The lowest BCUT2D eigenvalue weighted by Crippen LogP contribution is -2.28. The van der Waals surface area contributed by atoms with Crippen LogP contribution in [0.3, 0.4) is 0 Å². The van der Waals surface area contributed by atoms with Crippen molar-refractivity contribution in [3.8, 4) is 0 Å². The van der Waals surface area contributed by atoms with Crippen molar-refractivity contribution in [1.29, 1.82) is 0 Å². The van der Waals surface area contributed by atoms with E-state index < -0.39 is 12.7 Å². The minimum absolute atomic E-state index is 0.256. The smallest absolute Gasteiger partial charge is 0.305 e. The van der Waals surface area contributed by atoms with E-state index in [1.165, 1.54) is 0 Å². The quantitative estimate of drug-likeness (QED) is 0.851. The number of halogens is 3. The van der Waals surface area contributed by atoms with Crippen LogP contribution in [-0.2, 0) is 6.54 Å². The molecule has 0 bridgehead atoms. The lowest BCUT2D eigenvalue weighted by Gasteiger charge is -2.13. The number of aryl methyl sites for hydroxylation is 1. The van der Waals surface area contributed by atoms with Gasteiger partial charge in [0, 0.05) is 6.54 Å². The van der Waals surface area contributed by atoms with E-state index in [1.54, 1.807) is 0 Å². The molecule has 0 spiro atoms. The summed E-state index contributed by atoms with van der Waals surface area (Å²) in [6, 6.07) is 5.95. The summed E-state index contributed by atoms with van der Waals surface area (Å²) in [5, 5.41) is 2.42. The summed E-state index contributed by atoms with van der Waals surface area (Å²) >= 11 is 0. The largest absolute Gasteiger partial charge is 0.401 e. The highest BCUT2D eigenvalue weighted by atomic mass is 19.4. The van der Waals surface area contributed by atoms with Crippen LogP contribution in [0, 0.1) is 6.92 Å². The summed E-state index contributed by atoms with van der Waals surface area (Å²) in [5.41, 5.74) is 3.10. The van der Waals surface area contributed by atoms with Crippen molar-refractivity contribution in [1.82, 2.24) is 5.32 Å².